The van der Waals surface area contributed by atoms with Gasteiger partial charge in [0.05, 0.1) is 31.5 Å². The third kappa shape index (κ3) is 3.55. The number of likely N-dealkylation sites (tertiary alicyclic amines) is 1. The first kappa shape index (κ1) is 17.9. The van der Waals surface area contributed by atoms with E-state index in [-0.39, 0.29) is 24.1 Å². The molecule has 8 heteroatoms. The summed E-state index contributed by atoms with van der Waals surface area (Å²) in [5, 5.41) is 13.5. The van der Waals surface area contributed by atoms with E-state index in [0.29, 0.717) is 18.7 Å². The van der Waals surface area contributed by atoms with E-state index < -0.39 is 12.0 Å². The number of carbonyl (C=O) groups is 2. The molecule has 0 spiro atoms. The van der Waals surface area contributed by atoms with Gasteiger partial charge in [-0.25, -0.2) is 4.68 Å². The van der Waals surface area contributed by atoms with Gasteiger partial charge in [-0.3, -0.25) is 9.59 Å². The van der Waals surface area contributed by atoms with Gasteiger partial charge in [-0.1, -0.05) is 18.2 Å². The summed E-state index contributed by atoms with van der Waals surface area (Å²) >= 11 is 0. The molecular weight excluding hydrogens is 338 g/mol. The molecule has 1 aliphatic heterocycles. The van der Waals surface area contributed by atoms with Gasteiger partial charge in [0, 0.05) is 19.7 Å². The number of carboxylic acids is 1. The maximum atomic E-state index is 13.0. The van der Waals surface area contributed by atoms with Crippen LogP contribution in [0.3, 0.4) is 0 Å². The Labute approximate surface area is 150 Å². The number of methoxy groups -OCH3 is 2. The van der Waals surface area contributed by atoms with Crippen molar-refractivity contribution < 1.29 is 24.2 Å². The molecule has 2 aromatic rings. The van der Waals surface area contributed by atoms with E-state index in [4.69, 9.17) is 14.6 Å². The number of hydrogen-bond donors (Lipinski definition) is 1. The lowest BCUT2D eigenvalue weighted by Gasteiger charge is -2.22. The smallest absolute Gasteiger partial charge is 0.305 e. The van der Waals surface area contributed by atoms with Gasteiger partial charge in [0.2, 0.25) is 0 Å². The largest absolute Gasteiger partial charge is 0.493 e. The van der Waals surface area contributed by atoms with Gasteiger partial charge in [0.25, 0.3) is 5.91 Å². The zero-order valence-corrected chi connectivity index (χ0v) is 14.7. The number of aliphatic carboxylic acids is 1. The second kappa shape index (κ2) is 7.57. The molecule has 0 bridgehead atoms. The summed E-state index contributed by atoms with van der Waals surface area (Å²) in [5.41, 5.74) is 0.951. The van der Waals surface area contributed by atoms with Crippen molar-refractivity contribution in [2.45, 2.75) is 25.0 Å². The molecule has 2 heterocycles. The third-order valence-corrected chi connectivity index (χ3v) is 4.50. The first-order valence-corrected chi connectivity index (χ1v) is 8.28. The van der Waals surface area contributed by atoms with Crippen LogP contribution in [0.25, 0.3) is 5.69 Å². The van der Waals surface area contributed by atoms with Gasteiger partial charge < -0.3 is 19.5 Å². The van der Waals surface area contributed by atoms with Crippen molar-refractivity contribution in [3.8, 4) is 11.4 Å². The van der Waals surface area contributed by atoms with Gasteiger partial charge in [-0.05, 0) is 18.6 Å². The molecule has 1 aromatic heterocycles. The Morgan fingerprint density at radius 3 is 2.62 bits per heavy atom. The predicted molar refractivity (Wildman–Crippen MR) is 92.6 cm³/mol. The van der Waals surface area contributed by atoms with Crippen molar-refractivity contribution in [3.05, 3.63) is 42.2 Å². The molecule has 1 saturated heterocycles. The van der Waals surface area contributed by atoms with Crippen molar-refractivity contribution in [2.24, 2.45) is 0 Å². The Kier molecular flexibility index (Phi) is 5.22. The fraction of sp³-hybridized carbons (Fsp3) is 0.389. The lowest BCUT2D eigenvalue weighted by molar-refractivity contribution is -0.138. The van der Waals surface area contributed by atoms with Crippen LogP contribution in [0.4, 0.5) is 0 Å². The Morgan fingerprint density at radius 2 is 2.00 bits per heavy atom. The van der Waals surface area contributed by atoms with Crippen molar-refractivity contribution in [3.63, 3.8) is 0 Å². The highest BCUT2D eigenvalue weighted by atomic mass is 16.5. The van der Waals surface area contributed by atoms with E-state index in [9.17, 15) is 9.59 Å². The standard InChI is InChI=1S/C18H21N3O5/c1-25-14-8-13(9-16(22)23)20(10-14)18(24)17-15(26-2)11-21(19-17)12-6-4-3-5-7-12/h3-7,11,13-14H,8-10H2,1-2H3,(H,22,23). The minimum Gasteiger partial charge on any atom is -0.493 e. The summed E-state index contributed by atoms with van der Waals surface area (Å²) in [6.07, 6.45) is 1.80. The van der Waals surface area contributed by atoms with Crippen LogP contribution < -0.4 is 4.74 Å². The van der Waals surface area contributed by atoms with Crippen LogP contribution >= 0.6 is 0 Å². The zero-order chi connectivity index (χ0) is 18.7. The minimum atomic E-state index is -0.952. The van der Waals surface area contributed by atoms with Gasteiger partial charge in [0.1, 0.15) is 0 Å². The summed E-state index contributed by atoms with van der Waals surface area (Å²) in [6, 6.07) is 8.93. The third-order valence-electron chi connectivity index (χ3n) is 4.50. The average molecular weight is 359 g/mol. The minimum absolute atomic E-state index is 0.132. The predicted octanol–water partition coefficient (Wildman–Crippen LogP) is 1.59. The number of carbonyl (C=O) groups excluding carboxylic acids is 1. The van der Waals surface area contributed by atoms with Gasteiger partial charge >= 0.3 is 5.97 Å². The van der Waals surface area contributed by atoms with E-state index in [1.165, 1.54) is 12.0 Å². The summed E-state index contributed by atoms with van der Waals surface area (Å²) in [7, 11) is 3.03. The van der Waals surface area contributed by atoms with Crippen LogP contribution in [0.15, 0.2) is 36.5 Å². The van der Waals surface area contributed by atoms with Crippen LogP contribution in [0.5, 0.6) is 5.75 Å². The number of amides is 1. The normalized spacial score (nSPS) is 19.5. The topological polar surface area (TPSA) is 93.9 Å². The SMILES string of the molecule is COc1cn(-c2ccccc2)nc1C(=O)N1CC(OC)CC1CC(=O)O. The highest BCUT2D eigenvalue weighted by Gasteiger charge is 2.38. The van der Waals surface area contributed by atoms with Crippen LogP contribution in [-0.4, -0.2) is 64.6 Å². The van der Waals surface area contributed by atoms with E-state index in [0.717, 1.165) is 5.69 Å². The van der Waals surface area contributed by atoms with Crippen molar-refractivity contribution in [2.75, 3.05) is 20.8 Å². The molecule has 8 nitrogen and oxygen atoms in total. The maximum absolute atomic E-state index is 13.0. The van der Waals surface area contributed by atoms with Crippen LogP contribution in [0.2, 0.25) is 0 Å². The average Bonchev–Trinajstić information content (AvgIpc) is 3.25. The number of para-hydroxylation sites is 1. The van der Waals surface area contributed by atoms with Crippen LogP contribution in [0.1, 0.15) is 23.3 Å². The molecule has 2 atom stereocenters. The van der Waals surface area contributed by atoms with Crippen molar-refractivity contribution >= 4 is 11.9 Å². The number of ether oxygens (including phenoxy) is 2. The van der Waals surface area contributed by atoms with E-state index in [1.54, 1.807) is 18.0 Å². The molecular formula is C18H21N3O5. The molecule has 3 rings (SSSR count). The molecule has 1 N–H and O–H groups in total. The molecule has 1 fully saturated rings. The summed E-state index contributed by atoms with van der Waals surface area (Å²) < 4.78 is 12.2. The van der Waals surface area contributed by atoms with Crippen LogP contribution in [-0.2, 0) is 9.53 Å². The number of hydrogen-bond acceptors (Lipinski definition) is 5. The van der Waals surface area contributed by atoms with Crippen molar-refractivity contribution in [1.82, 2.24) is 14.7 Å². The summed E-state index contributed by atoms with van der Waals surface area (Å²) in [4.78, 5) is 25.7. The molecule has 26 heavy (non-hydrogen) atoms. The summed E-state index contributed by atoms with van der Waals surface area (Å²) in [6.45, 7) is 0.328. The Balaban J connectivity index is 1.91. The lowest BCUT2D eigenvalue weighted by atomic mass is 10.1. The molecule has 1 aromatic carbocycles. The van der Waals surface area contributed by atoms with Gasteiger partial charge in [-0.2, -0.15) is 5.10 Å². The number of nitrogens with zero attached hydrogens (tertiary/aromatic N) is 3. The number of rotatable bonds is 6. The Morgan fingerprint density at radius 1 is 1.27 bits per heavy atom. The van der Waals surface area contributed by atoms with E-state index in [1.807, 2.05) is 30.3 Å². The Bertz CT molecular complexity index is 789. The maximum Gasteiger partial charge on any atom is 0.305 e. The Hall–Kier alpha value is -2.87. The fourth-order valence-corrected chi connectivity index (χ4v) is 3.19. The first-order chi connectivity index (χ1) is 12.5. The molecule has 2 unspecified atom stereocenters. The first-order valence-electron chi connectivity index (χ1n) is 8.28. The molecule has 0 saturated carbocycles. The van der Waals surface area contributed by atoms with Gasteiger partial charge in [0.15, 0.2) is 11.4 Å². The zero-order valence-electron chi connectivity index (χ0n) is 14.7. The number of aromatic nitrogens is 2. The van der Waals surface area contributed by atoms with Gasteiger partial charge in [-0.15, -0.1) is 0 Å². The van der Waals surface area contributed by atoms with Crippen molar-refractivity contribution in [1.29, 1.82) is 0 Å². The molecule has 1 aliphatic rings. The second-order valence-corrected chi connectivity index (χ2v) is 6.13. The van der Waals surface area contributed by atoms with Crippen LogP contribution in [0, 0.1) is 0 Å². The molecule has 0 aliphatic carbocycles. The molecule has 0 radical (unpaired) electrons. The second-order valence-electron chi connectivity index (χ2n) is 6.13. The quantitative estimate of drug-likeness (QED) is 0.842. The number of benzene rings is 1. The number of carboxylic acid groups (broad SMARTS) is 1. The molecule has 138 valence electrons. The highest BCUT2D eigenvalue weighted by molar-refractivity contribution is 5.95. The van der Waals surface area contributed by atoms with E-state index in [2.05, 4.69) is 5.10 Å². The molecule has 1 amide bonds. The fourth-order valence-electron chi connectivity index (χ4n) is 3.19. The monoisotopic (exact) mass is 359 g/mol. The summed E-state index contributed by atoms with van der Waals surface area (Å²) in [5.74, 6) is -0.970. The van der Waals surface area contributed by atoms with E-state index >= 15 is 0 Å². The lowest BCUT2D eigenvalue weighted by Crippen LogP contribution is -2.37. The highest BCUT2D eigenvalue weighted by Crippen LogP contribution is 2.28.